The van der Waals surface area contributed by atoms with Crippen LogP contribution in [0.5, 0.6) is 0 Å². The van der Waals surface area contributed by atoms with Crippen LogP contribution in [0.15, 0.2) is 33.6 Å². The van der Waals surface area contributed by atoms with Crippen molar-refractivity contribution in [2.45, 2.75) is 17.9 Å². The minimum atomic E-state index is -0.234. The van der Waals surface area contributed by atoms with Crippen LogP contribution in [0.4, 0.5) is 0 Å². The van der Waals surface area contributed by atoms with Crippen molar-refractivity contribution < 1.29 is 4.42 Å². The van der Waals surface area contributed by atoms with Gasteiger partial charge in [0.25, 0.3) is 0 Å². The molecule has 2 N–H and O–H groups in total. The summed E-state index contributed by atoms with van der Waals surface area (Å²) in [5.74, 6) is 0.989. The van der Waals surface area contributed by atoms with Crippen molar-refractivity contribution in [3.8, 4) is 11.5 Å². The molecule has 16 heavy (non-hydrogen) atoms. The van der Waals surface area contributed by atoms with Crippen LogP contribution in [0.25, 0.3) is 11.5 Å². The van der Waals surface area contributed by atoms with Crippen molar-refractivity contribution in [2.75, 3.05) is 6.26 Å². The van der Waals surface area contributed by atoms with Crippen LogP contribution in [-0.4, -0.2) is 16.5 Å². The molecule has 0 aliphatic carbocycles. The highest BCUT2D eigenvalue weighted by atomic mass is 32.2. The van der Waals surface area contributed by atoms with E-state index >= 15 is 0 Å². The molecule has 0 radical (unpaired) electrons. The van der Waals surface area contributed by atoms with E-state index in [0.717, 1.165) is 10.5 Å². The molecule has 1 unspecified atom stereocenters. The average Bonchev–Trinajstić information content (AvgIpc) is 2.78. The molecule has 2 aromatic rings. The second-order valence-corrected chi connectivity index (χ2v) is 4.28. The summed E-state index contributed by atoms with van der Waals surface area (Å²) in [6.45, 7) is 1.82. The Labute approximate surface area is 98.2 Å². The molecule has 0 bridgehead atoms. The highest BCUT2D eigenvalue weighted by molar-refractivity contribution is 7.98. The van der Waals surface area contributed by atoms with Gasteiger partial charge in [0, 0.05) is 4.90 Å². The van der Waals surface area contributed by atoms with Gasteiger partial charge in [-0.05, 0) is 25.3 Å². The third kappa shape index (κ3) is 2.10. The quantitative estimate of drug-likeness (QED) is 0.828. The van der Waals surface area contributed by atoms with Gasteiger partial charge in [-0.1, -0.05) is 12.1 Å². The van der Waals surface area contributed by atoms with E-state index in [-0.39, 0.29) is 6.04 Å². The van der Waals surface area contributed by atoms with Crippen molar-refractivity contribution in [2.24, 2.45) is 5.73 Å². The predicted molar refractivity (Wildman–Crippen MR) is 64.1 cm³/mol. The third-order valence-electron chi connectivity index (χ3n) is 2.17. The first kappa shape index (κ1) is 11.2. The van der Waals surface area contributed by atoms with E-state index in [9.17, 15) is 0 Å². The maximum atomic E-state index is 5.67. The van der Waals surface area contributed by atoms with E-state index in [4.69, 9.17) is 10.2 Å². The Hall–Kier alpha value is -1.33. The molecule has 1 heterocycles. The largest absolute Gasteiger partial charge is 0.419 e. The van der Waals surface area contributed by atoms with Crippen molar-refractivity contribution in [1.29, 1.82) is 0 Å². The van der Waals surface area contributed by atoms with Crippen molar-refractivity contribution in [3.63, 3.8) is 0 Å². The molecule has 1 aromatic heterocycles. The van der Waals surface area contributed by atoms with Crippen molar-refractivity contribution in [3.05, 3.63) is 30.2 Å². The number of hydrogen-bond acceptors (Lipinski definition) is 5. The van der Waals surface area contributed by atoms with E-state index in [1.54, 1.807) is 11.8 Å². The van der Waals surface area contributed by atoms with Gasteiger partial charge in [0.15, 0.2) is 0 Å². The predicted octanol–water partition coefficient (Wildman–Crippen LogP) is 2.48. The maximum Gasteiger partial charge on any atom is 0.248 e. The van der Waals surface area contributed by atoms with Crippen LogP contribution in [0.2, 0.25) is 0 Å². The number of hydrogen-bond donors (Lipinski definition) is 1. The lowest BCUT2D eigenvalue weighted by Crippen LogP contribution is -2.04. The van der Waals surface area contributed by atoms with Gasteiger partial charge in [0.2, 0.25) is 11.8 Å². The van der Waals surface area contributed by atoms with Crippen LogP contribution in [-0.2, 0) is 0 Å². The lowest BCUT2D eigenvalue weighted by molar-refractivity contribution is 0.473. The summed E-state index contributed by atoms with van der Waals surface area (Å²) in [6, 6.07) is 7.69. The normalized spacial score (nSPS) is 12.7. The summed E-state index contributed by atoms with van der Waals surface area (Å²) < 4.78 is 5.51. The molecule has 4 nitrogen and oxygen atoms in total. The van der Waals surface area contributed by atoms with Crippen LogP contribution in [0, 0.1) is 0 Å². The first-order valence-electron chi connectivity index (χ1n) is 4.94. The summed E-state index contributed by atoms with van der Waals surface area (Å²) in [7, 11) is 0. The number of nitrogens with zero attached hydrogens (tertiary/aromatic N) is 2. The smallest absolute Gasteiger partial charge is 0.248 e. The molecule has 0 amide bonds. The van der Waals surface area contributed by atoms with Crippen LogP contribution >= 0.6 is 11.8 Å². The molecular formula is C11H13N3OS. The summed E-state index contributed by atoms with van der Waals surface area (Å²) >= 11 is 1.65. The SMILES string of the molecule is CSc1ccccc1-c1nnc(C(C)N)o1. The molecule has 2 rings (SSSR count). The topological polar surface area (TPSA) is 64.9 Å². The average molecular weight is 235 g/mol. The fourth-order valence-electron chi connectivity index (χ4n) is 1.35. The fourth-order valence-corrected chi connectivity index (χ4v) is 1.94. The highest BCUT2D eigenvalue weighted by Crippen LogP contribution is 2.29. The molecular weight excluding hydrogens is 222 g/mol. The Morgan fingerprint density at radius 3 is 2.69 bits per heavy atom. The van der Waals surface area contributed by atoms with Crippen LogP contribution < -0.4 is 5.73 Å². The second kappa shape index (κ2) is 4.67. The van der Waals surface area contributed by atoms with Gasteiger partial charge in [0.1, 0.15) is 0 Å². The van der Waals surface area contributed by atoms with E-state index in [1.165, 1.54) is 0 Å². The Kier molecular flexibility index (Phi) is 3.26. The number of nitrogens with two attached hydrogens (primary N) is 1. The first-order valence-corrected chi connectivity index (χ1v) is 6.17. The van der Waals surface area contributed by atoms with Gasteiger partial charge in [-0.15, -0.1) is 22.0 Å². The molecule has 0 aliphatic rings. The third-order valence-corrected chi connectivity index (χ3v) is 2.96. The Morgan fingerprint density at radius 1 is 1.31 bits per heavy atom. The first-order chi connectivity index (χ1) is 7.72. The zero-order chi connectivity index (χ0) is 11.5. The second-order valence-electron chi connectivity index (χ2n) is 3.43. The monoisotopic (exact) mass is 235 g/mol. The van der Waals surface area contributed by atoms with Crippen LogP contribution in [0.1, 0.15) is 18.9 Å². The number of rotatable bonds is 3. The number of benzene rings is 1. The molecule has 0 fully saturated rings. The molecule has 0 saturated heterocycles. The lowest BCUT2D eigenvalue weighted by atomic mass is 10.2. The van der Waals surface area contributed by atoms with Gasteiger partial charge in [-0.2, -0.15) is 0 Å². The maximum absolute atomic E-state index is 5.67. The highest BCUT2D eigenvalue weighted by Gasteiger charge is 2.13. The van der Waals surface area contributed by atoms with E-state index in [1.807, 2.05) is 37.4 Å². The standard InChI is InChI=1S/C11H13N3OS/c1-7(12)10-13-14-11(15-10)8-5-3-4-6-9(8)16-2/h3-7H,12H2,1-2H3. The summed E-state index contributed by atoms with van der Waals surface area (Å²) in [6.07, 6.45) is 2.02. The Morgan fingerprint density at radius 2 is 2.06 bits per heavy atom. The van der Waals surface area contributed by atoms with Gasteiger partial charge in [-0.25, -0.2) is 0 Å². The zero-order valence-electron chi connectivity index (χ0n) is 9.18. The van der Waals surface area contributed by atoms with E-state index < -0.39 is 0 Å². The van der Waals surface area contributed by atoms with Gasteiger partial charge in [-0.3, -0.25) is 0 Å². The summed E-state index contributed by atoms with van der Waals surface area (Å²) in [5, 5.41) is 7.92. The lowest BCUT2D eigenvalue weighted by Gasteiger charge is -2.01. The Balaban J connectivity index is 2.42. The minimum Gasteiger partial charge on any atom is -0.419 e. The zero-order valence-corrected chi connectivity index (χ0v) is 9.99. The molecule has 0 aliphatic heterocycles. The number of aromatic nitrogens is 2. The molecule has 5 heteroatoms. The van der Waals surface area contributed by atoms with Gasteiger partial charge < -0.3 is 10.2 Å². The van der Waals surface area contributed by atoms with Crippen molar-refractivity contribution >= 4 is 11.8 Å². The van der Waals surface area contributed by atoms with E-state index in [2.05, 4.69) is 10.2 Å². The molecule has 0 spiro atoms. The minimum absolute atomic E-state index is 0.234. The number of thioether (sulfide) groups is 1. The Bertz CT molecular complexity index is 482. The summed E-state index contributed by atoms with van der Waals surface area (Å²) in [4.78, 5) is 1.11. The molecule has 0 saturated carbocycles. The van der Waals surface area contributed by atoms with E-state index in [0.29, 0.717) is 11.8 Å². The fraction of sp³-hybridized carbons (Fsp3) is 0.273. The summed E-state index contributed by atoms with van der Waals surface area (Å²) in [5.41, 5.74) is 6.63. The van der Waals surface area contributed by atoms with Crippen LogP contribution in [0.3, 0.4) is 0 Å². The van der Waals surface area contributed by atoms with Gasteiger partial charge >= 0.3 is 0 Å². The molecule has 1 aromatic carbocycles. The van der Waals surface area contributed by atoms with Crippen molar-refractivity contribution in [1.82, 2.24) is 10.2 Å². The van der Waals surface area contributed by atoms with Gasteiger partial charge in [0.05, 0.1) is 11.6 Å². The molecule has 1 atom stereocenters. The molecule has 84 valence electrons.